The van der Waals surface area contributed by atoms with Crippen molar-refractivity contribution >= 4 is 0 Å². The first kappa shape index (κ1) is 16.0. The van der Waals surface area contributed by atoms with Gasteiger partial charge in [0, 0.05) is 57.8 Å². The lowest BCUT2D eigenvalue weighted by molar-refractivity contribution is 0.108. The minimum Gasteiger partial charge on any atom is -0.490 e. The van der Waals surface area contributed by atoms with Crippen LogP contribution in [-0.2, 0) is 18.2 Å². The maximum Gasteiger partial charge on any atom is 0.137 e. The summed E-state index contributed by atoms with van der Waals surface area (Å²) >= 11 is 0. The van der Waals surface area contributed by atoms with Gasteiger partial charge < -0.3 is 9.47 Å². The molecular weight excluding hydrogens is 292 g/mol. The summed E-state index contributed by atoms with van der Waals surface area (Å²) in [5, 5.41) is 4.23. The van der Waals surface area contributed by atoms with Gasteiger partial charge in [-0.2, -0.15) is 5.10 Å². The van der Waals surface area contributed by atoms with Gasteiger partial charge in [-0.15, -0.1) is 0 Å². The molecule has 0 unspecified atom stereocenters. The van der Waals surface area contributed by atoms with Crippen molar-refractivity contribution in [1.29, 1.82) is 0 Å². The van der Waals surface area contributed by atoms with E-state index in [9.17, 15) is 0 Å². The zero-order chi connectivity index (χ0) is 16.1. The molecular formula is C17H24N4O2. The number of nitrogens with zero attached hydrogens (tertiary/aromatic N) is 4. The maximum atomic E-state index is 5.90. The van der Waals surface area contributed by atoms with E-state index >= 15 is 0 Å². The van der Waals surface area contributed by atoms with Crippen LogP contribution in [0, 0.1) is 0 Å². The minimum absolute atomic E-state index is 0.282. The van der Waals surface area contributed by atoms with E-state index in [0.29, 0.717) is 12.6 Å². The average Bonchev–Trinajstić information content (AvgIpc) is 3.17. The molecule has 1 aliphatic rings. The van der Waals surface area contributed by atoms with Crippen molar-refractivity contribution < 1.29 is 9.47 Å². The molecule has 23 heavy (non-hydrogen) atoms. The van der Waals surface area contributed by atoms with Gasteiger partial charge in [0.1, 0.15) is 12.4 Å². The Morgan fingerprint density at radius 3 is 2.91 bits per heavy atom. The van der Waals surface area contributed by atoms with E-state index in [1.807, 2.05) is 30.1 Å². The van der Waals surface area contributed by atoms with E-state index in [2.05, 4.69) is 21.0 Å². The molecule has 0 bridgehead atoms. The van der Waals surface area contributed by atoms with Gasteiger partial charge in [0.05, 0.1) is 12.3 Å². The van der Waals surface area contributed by atoms with Crippen molar-refractivity contribution in [2.75, 3.05) is 26.8 Å². The standard InChI is InChI=1S/C17H24N4O2/c1-20-14(5-8-19-20)6-9-21-12-17(22-2)10-15(21)13-23-16-4-3-7-18-11-16/h3-5,7-8,11,15,17H,6,9-10,12-13H2,1-2H3/t15-,17+/m0/s1. The number of aromatic nitrogens is 3. The summed E-state index contributed by atoms with van der Waals surface area (Å²) < 4.78 is 13.4. The molecule has 0 aromatic carbocycles. The zero-order valence-corrected chi connectivity index (χ0v) is 13.8. The van der Waals surface area contributed by atoms with Crippen LogP contribution in [0.2, 0.25) is 0 Å². The number of aryl methyl sites for hydroxylation is 1. The fourth-order valence-electron chi connectivity index (χ4n) is 3.09. The highest BCUT2D eigenvalue weighted by atomic mass is 16.5. The molecule has 0 aliphatic carbocycles. The van der Waals surface area contributed by atoms with Crippen molar-refractivity contribution in [2.24, 2.45) is 7.05 Å². The maximum absolute atomic E-state index is 5.90. The molecule has 3 rings (SSSR count). The Bertz CT molecular complexity index is 602. The van der Waals surface area contributed by atoms with E-state index in [0.717, 1.165) is 31.7 Å². The molecule has 2 atom stereocenters. The number of likely N-dealkylation sites (tertiary alicyclic amines) is 1. The zero-order valence-electron chi connectivity index (χ0n) is 13.8. The van der Waals surface area contributed by atoms with Crippen molar-refractivity contribution in [3.05, 3.63) is 42.5 Å². The summed E-state index contributed by atoms with van der Waals surface area (Å²) in [5.74, 6) is 0.819. The van der Waals surface area contributed by atoms with Gasteiger partial charge in [0.25, 0.3) is 0 Å². The fourth-order valence-corrected chi connectivity index (χ4v) is 3.09. The van der Waals surface area contributed by atoms with Gasteiger partial charge in [0.2, 0.25) is 0 Å². The smallest absolute Gasteiger partial charge is 0.137 e. The van der Waals surface area contributed by atoms with Crippen LogP contribution in [-0.4, -0.2) is 58.6 Å². The van der Waals surface area contributed by atoms with Crippen LogP contribution < -0.4 is 4.74 Å². The molecule has 3 heterocycles. The summed E-state index contributed by atoms with van der Waals surface area (Å²) in [6, 6.07) is 6.27. The number of rotatable bonds is 7. The average molecular weight is 316 g/mol. The first-order valence-corrected chi connectivity index (χ1v) is 8.03. The van der Waals surface area contributed by atoms with Crippen LogP contribution in [0.15, 0.2) is 36.8 Å². The number of hydrogen-bond acceptors (Lipinski definition) is 5. The lowest BCUT2D eigenvalue weighted by atomic mass is 10.2. The Morgan fingerprint density at radius 2 is 2.22 bits per heavy atom. The van der Waals surface area contributed by atoms with Crippen molar-refractivity contribution in [3.8, 4) is 5.75 Å². The second kappa shape index (κ2) is 7.57. The van der Waals surface area contributed by atoms with Crippen molar-refractivity contribution in [1.82, 2.24) is 19.7 Å². The van der Waals surface area contributed by atoms with Gasteiger partial charge in [-0.05, 0) is 24.6 Å². The summed E-state index contributed by atoms with van der Waals surface area (Å²) in [5.41, 5.74) is 1.25. The molecule has 6 nitrogen and oxygen atoms in total. The Morgan fingerprint density at radius 1 is 1.30 bits per heavy atom. The van der Waals surface area contributed by atoms with Crippen molar-refractivity contribution in [2.45, 2.75) is 25.0 Å². The summed E-state index contributed by atoms with van der Waals surface area (Å²) in [4.78, 5) is 6.54. The largest absolute Gasteiger partial charge is 0.490 e. The Kier molecular flexibility index (Phi) is 5.25. The Hall–Kier alpha value is -1.92. The second-order valence-corrected chi connectivity index (χ2v) is 5.94. The van der Waals surface area contributed by atoms with Crippen LogP contribution in [0.25, 0.3) is 0 Å². The number of pyridine rings is 1. The first-order chi connectivity index (χ1) is 11.3. The third-order valence-corrected chi connectivity index (χ3v) is 4.48. The van der Waals surface area contributed by atoms with Crippen LogP contribution in [0.1, 0.15) is 12.1 Å². The molecule has 6 heteroatoms. The van der Waals surface area contributed by atoms with Crippen LogP contribution >= 0.6 is 0 Å². The first-order valence-electron chi connectivity index (χ1n) is 8.03. The Labute approximate surface area is 137 Å². The van der Waals surface area contributed by atoms with E-state index in [1.54, 1.807) is 19.5 Å². The number of ether oxygens (including phenoxy) is 2. The highest BCUT2D eigenvalue weighted by Crippen LogP contribution is 2.21. The van der Waals surface area contributed by atoms with E-state index in [-0.39, 0.29) is 6.10 Å². The van der Waals surface area contributed by atoms with Crippen LogP contribution in [0.4, 0.5) is 0 Å². The molecule has 1 saturated heterocycles. The van der Waals surface area contributed by atoms with E-state index in [1.165, 1.54) is 5.69 Å². The number of methoxy groups -OCH3 is 1. The molecule has 0 amide bonds. The number of hydrogen-bond donors (Lipinski definition) is 0. The lowest BCUT2D eigenvalue weighted by Gasteiger charge is -2.24. The molecule has 0 spiro atoms. The molecule has 2 aromatic rings. The van der Waals surface area contributed by atoms with Crippen LogP contribution in [0.5, 0.6) is 5.75 Å². The SMILES string of the molecule is CO[C@@H]1C[C@@H](COc2cccnc2)N(CCc2ccnn2C)C1. The van der Waals surface area contributed by atoms with Gasteiger partial charge in [0.15, 0.2) is 0 Å². The summed E-state index contributed by atoms with van der Waals surface area (Å²) in [6.07, 6.45) is 7.62. The van der Waals surface area contributed by atoms with Gasteiger partial charge >= 0.3 is 0 Å². The second-order valence-electron chi connectivity index (χ2n) is 5.94. The highest BCUT2D eigenvalue weighted by molar-refractivity contribution is 5.15. The Balaban J connectivity index is 1.56. The quantitative estimate of drug-likeness (QED) is 0.775. The molecule has 0 saturated carbocycles. The van der Waals surface area contributed by atoms with E-state index < -0.39 is 0 Å². The lowest BCUT2D eigenvalue weighted by Crippen LogP contribution is -2.36. The molecule has 2 aromatic heterocycles. The van der Waals surface area contributed by atoms with E-state index in [4.69, 9.17) is 9.47 Å². The molecule has 0 N–H and O–H groups in total. The monoisotopic (exact) mass is 316 g/mol. The molecule has 1 aliphatic heterocycles. The predicted molar refractivity (Wildman–Crippen MR) is 87.4 cm³/mol. The molecule has 124 valence electrons. The fraction of sp³-hybridized carbons (Fsp3) is 0.529. The highest BCUT2D eigenvalue weighted by Gasteiger charge is 2.32. The molecule has 0 radical (unpaired) electrons. The van der Waals surface area contributed by atoms with Crippen LogP contribution in [0.3, 0.4) is 0 Å². The normalized spacial score (nSPS) is 21.7. The summed E-state index contributed by atoms with van der Waals surface area (Å²) in [7, 11) is 3.77. The van der Waals surface area contributed by atoms with Gasteiger partial charge in [-0.3, -0.25) is 14.6 Å². The third kappa shape index (κ3) is 4.09. The minimum atomic E-state index is 0.282. The third-order valence-electron chi connectivity index (χ3n) is 4.48. The van der Waals surface area contributed by atoms with Gasteiger partial charge in [-0.1, -0.05) is 0 Å². The molecule has 1 fully saturated rings. The van der Waals surface area contributed by atoms with Gasteiger partial charge in [-0.25, -0.2) is 0 Å². The van der Waals surface area contributed by atoms with Crippen molar-refractivity contribution in [3.63, 3.8) is 0 Å². The predicted octanol–water partition coefficient (Wildman–Crippen LogP) is 1.53. The summed E-state index contributed by atoms with van der Waals surface area (Å²) in [6.45, 7) is 2.60. The topological polar surface area (TPSA) is 52.4 Å².